The van der Waals surface area contributed by atoms with Crippen molar-refractivity contribution >= 4 is 17.3 Å². The monoisotopic (exact) mass is 334 g/mol. The normalized spacial score (nSPS) is 20.7. The Morgan fingerprint density at radius 3 is 2.42 bits per heavy atom. The Morgan fingerprint density at radius 2 is 1.79 bits per heavy atom. The number of anilines is 1. The summed E-state index contributed by atoms with van der Waals surface area (Å²) in [4.78, 5) is 27.2. The van der Waals surface area contributed by atoms with Crippen LogP contribution in [0.3, 0.4) is 0 Å². The molecule has 2 aliphatic heterocycles. The number of nitro groups is 1. The molecule has 0 bridgehead atoms. The van der Waals surface area contributed by atoms with Gasteiger partial charge >= 0.3 is 0 Å². The van der Waals surface area contributed by atoms with Crippen molar-refractivity contribution < 1.29 is 14.5 Å². The molecule has 0 radical (unpaired) electrons. The number of piperazine rings is 1. The van der Waals surface area contributed by atoms with E-state index in [0.717, 1.165) is 0 Å². The standard InChI is InChI=1S/C16H22N4O4/c17-16(5-11-24-12-6-16)15(21)19-9-7-18(8-10-19)13-3-1-2-4-14(13)20(22)23/h1-4H,5-12,17H2. The first-order valence-electron chi connectivity index (χ1n) is 8.16. The zero-order valence-electron chi connectivity index (χ0n) is 13.5. The Hall–Kier alpha value is -2.19. The first-order valence-corrected chi connectivity index (χ1v) is 8.16. The summed E-state index contributed by atoms with van der Waals surface area (Å²) in [6.07, 6.45) is 1.08. The molecule has 0 aliphatic carbocycles. The van der Waals surface area contributed by atoms with Crippen LogP contribution in [0.5, 0.6) is 0 Å². The quantitative estimate of drug-likeness (QED) is 0.646. The molecule has 0 saturated carbocycles. The van der Waals surface area contributed by atoms with E-state index in [2.05, 4.69) is 0 Å². The van der Waals surface area contributed by atoms with Crippen molar-refractivity contribution in [3.8, 4) is 0 Å². The molecule has 3 rings (SSSR count). The molecule has 2 heterocycles. The molecule has 2 aliphatic rings. The second-order valence-corrected chi connectivity index (χ2v) is 6.29. The third-order valence-electron chi connectivity index (χ3n) is 4.80. The zero-order valence-corrected chi connectivity index (χ0v) is 13.5. The van der Waals surface area contributed by atoms with E-state index in [-0.39, 0.29) is 16.5 Å². The van der Waals surface area contributed by atoms with Crippen molar-refractivity contribution in [1.82, 2.24) is 4.90 Å². The zero-order chi connectivity index (χ0) is 17.2. The van der Waals surface area contributed by atoms with Crippen molar-refractivity contribution in [3.63, 3.8) is 0 Å². The van der Waals surface area contributed by atoms with E-state index in [9.17, 15) is 14.9 Å². The Bertz CT molecular complexity index is 622. The van der Waals surface area contributed by atoms with Crippen molar-refractivity contribution in [2.75, 3.05) is 44.3 Å². The van der Waals surface area contributed by atoms with Gasteiger partial charge in [0.2, 0.25) is 5.91 Å². The number of nitrogens with two attached hydrogens (primary N) is 1. The number of rotatable bonds is 3. The molecule has 1 aromatic carbocycles. The highest BCUT2D eigenvalue weighted by atomic mass is 16.6. The van der Waals surface area contributed by atoms with Gasteiger partial charge in [-0.15, -0.1) is 0 Å². The average molecular weight is 334 g/mol. The largest absolute Gasteiger partial charge is 0.381 e. The lowest BCUT2D eigenvalue weighted by Gasteiger charge is -2.41. The Labute approximate surface area is 140 Å². The van der Waals surface area contributed by atoms with Crippen LogP contribution in [0.1, 0.15) is 12.8 Å². The molecule has 2 saturated heterocycles. The van der Waals surface area contributed by atoms with Crippen LogP contribution in [0.25, 0.3) is 0 Å². The lowest BCUT2D eigenvalue weighted by molar-refractivity contribution is -0.384. The number of nitrogens with zero attached hydrogens (tertiary/aromatic N) is 3. The molecule has 24 heavy (non-hydrogen) atoms. The van der Waals surface area contributed by atoms with Crippen molar-refractivity contribution in [3.05, 3.63) is 34.4 Å². The fraction of sp³-hybridized carbons (Fsp3) is 0.562. The molecule has 0 unspecified atom stereocenters. The summed E-state index contributed by atoms with van der Waals surface area (Å²) in [5.41, 5.74) is 6.13. The van der Waals surface area contributed by atoms with Crippen molar-refractivity contribution in [2.24, 2.45) is 5.73 Å². The number of hydrogen-bond acceptors (Lipinski definition) is 6. The summed E-state index contributed by atoms with van der Waals surface area (Å²) in [6.45, 7) is 3.18. The number of hydrogen-bond donors (Lipinski definition) is 1. The second kappa shape index (κ2) is 6.74. The molecule has 0 spiro atoms. The van der Waals surface area contributed by atoms with E-state index in [0.29, 0.717) is 57.9 Å². The maximum Gasteiger partial charge on any atom is 0.292 e. The first-order chi connectivity index (χ1) is 11.5. The van der Waals surface area contributed by atoms with E-state index < -0.39 is 5.54 Å². The minimum atomic E-state index is -0.834. The lowest BCUT2D eigenvalue weighted by Crippen LogP contribution is -2.61. The van der Waals surface area contributed by atoms with Gasteiger partial charge in [-0.05, 0) is 18.9 Å². The Balaban J connectivity index is 1.66. The average Bonchev–Trinajstić information content (AvgIpc) is 2.62. The van der Waals surface area contributed by atoms with Crippen LogP contribution in [-0.2, 0) is 9.53 Å². The third kappa shape index (κ3) is 3.20. The highest BCUT2D eigenvalue weighted by Crippen LogP contribution is 2.29. The lowest BCUT2D eigenvalue weighted by atomic mass is 9.89. The van der Waals surface area contributed by atoms with E-state index in [4.69, 9.17) is 10.5 Å². The summed E-state index contributed by atoms with van der Waals surface area (Å²) < 4.78 is 5.29. The smallest absolute Gasteiger partial charge is 0.292 e. The van der Waals surface area contributed by atoms with Crippen LogP contribution < -0.4 is 10.6 Å². The Kier molecular flexibility index (Phi) is 4.68. The van der Waals surface area contributed by atoms with Gasteiger partial charge in [0, 0.05) is 45.5 Å². The molecule has 8 heteroatoms. The van der Waals surface area contributed by atoms with E-state index in [1.165, 1.54) is 6.07 Å². The van der Waals surface area contributed by atoms with Gasteiger partial charge in [0.05, 0.1) is 10.5 Å². The fourth-order valence-electron chi connectivity index (χ4n) is 3.30. The number of para-hydroxylation sites is 2. The number of benzene rings is 1. The predicted octanol–water partition coefficient (Wildman–Crippen LogP) is 0.751. The highest BCUT2D eigenvalue weighted by molar-refractivity contribution is 5.86. The summed E-state index contributed by atoms with van der Waals surface area (Å²) in [5.74, 6) is -0.0342. The van der Waals surface area contributed by atoms with Crippen LogP contribution in [0.15, 0.2) is 24.3 Å². The van der Waals surface area contributed by atoms with Crippen LogP contribution in [0.2, 0.25) is 0 Å². The molecule has 0 atom stereocenters. The van der Waals surface area contributed by atoms with E-state index in [1.807, 2.05) is 4.90 Å². The van der Waals surface area contributed by atoms with Crippen LogP contribution in [-0.4, -0.2) is 60.7 Å². The SMILES string of the molecule is NC1(C(=O)N2CCN(c3ccccc3[N+](=O)[O-])CC2)CCOCC1. The molecule has 1 aromatic rings. The van der Waals surface area contributed by atoms with Gasteiger partial charge in [0.1, 0.15) is 5.69 Å². The van der Waals surface area contributed by atoms with Crippen LogP contribution >= 0.6 is 0 Å². The third-order valence-corrected chi connectivity index (χ3v) is 4.80. The van der Waals surface area contributed by atoms with Gasteiger partial charge < -0.3 is 20.3 Å². The maximum atomic E-state index is 12.7. The molecule has 2 N–H and O–H groups in total. The number of ether oxygens (including phenoxy) is 1. The van der Waals surface area contributed by atoms with Gasteiger partial charge in [-0.2, -0.15) is 0 Å². The summed E-state index contributed by atoms with van der Waals surface area (Å²) in [5, 5.41) is 11.2. The first kappa shape index (κ1) is 16.7. The van der Waals surface area contributed by atoms with Crippen molar-refractivity contribution in [2.45, 2.75) is 18.4 Å². The van der Waals surface area contributed by atoms with E-state index >= 15 is 0 Å². The highest BCUT2D eigenvalue weighted by Gasteiger charge is 2.40. The molecule has 1 amide bonds. The molecule has 0 aromatic heterocycles. The molecular formula is C16H22N4O4. The number of carbonyl (C=O) groups is 1. The summed E-state index contributed by atoms with van der Waals surface area (Å²) in [6, 6.07) is 6.70. The summed E-state index contributed by atoms with van der Waals surface area (Å²) in [7, 11) is 0. The van der Waals surface area contributed by atoms with Gasteiger partial charge in [-0.25, -0.2) is 0 Å². The Morgan fingerprint density at radius 1 is 1.17 bits per heavy atom. The molecule has 130 valence electrons. The summed E-state index contributed by atoms with van der Waals surface area (Å²) >= 11 is 0. The molecule has 2 fully saturated rings. The number of amides is 1. The van der Waals surface area contributed by atoms with Gasteiger partial charge in [0.25, 0.3) is 5.69 Å². The number of carbonyl (C=O) groups excluding carboxylic acids is 1. The number of nitro benzene ring substituents is 1. The van der Waals surface area contributed by atoms with Gasteiger partial charge in [0.15, 0.2) is 0 Å². The minimum Gasteiger partial charge on any atom is -0.381 e. The van der Waals surface area contributed by atoms with Gasteiger partial charge in [-0.3, -0.25) is 14.9 Å². The topological polar surface area (TPSA) is 102 Å². The van der Waals surface area contributed by atoms with Crippen LogP contribution in [0, 0.1) is 10.1 Å². The molecule has 8 nitrogen and oxygen atoms in total. The minimum absolute atomic E-state index is 0.0342. The second-order valence-electron chi connectivity index (χ2n) is 6.29. The molecular weight excluding hydrogens is 312 g/mol. The fourth-order valence-corrected chi connectivity index (χ4v) is 3.30. The van der Waals surface area contributed by atoms with Gasteiger partial charge in [-0.1, -0.05) is 12.1 Å². The van der Waals surface area contributed by atoms with E-state index in [1.54, 1.807) is 23.1 Å². The van der Waals surface area contributed by atoms with Crippen molar-refractivity contribution in [1.29, 1.82) is 0 Å². The predicted molar refractivity (Wildman–Crippen MR) is 88.9 cm³/mol. The van der Waals surface area contributed by atoms with Crippen LogP contribution in [0.4, 0.5) is 11.4 Å². The maximum absolute atomic E-state index is 12.7.